The number of sulfone groups is 1. The monoisotopic (exact) mass is 349 g/mol. The summed E-state index contributed by atoms with van der Waals surface area (Å²) in [4.78, 5) is 3.94. The zero-order valence-electron chi connectivity index (χ0n) is 9.36. The van der Waals surface area contributed by atoms with Crippen molar-refractivity contribution in [2.24, 2.45) is 10.7 Å². The summed E-state index contributed by atoms with van der Waals surface area (Å²) in [5.41, 5.74) is 5.51. The maximum absolute atomic E-state index is 10.9. The van der Waals surface area contributed by atoms with Crippen molar-refractivity contribution < 1.29 is 8.42 Å². The molecule has 92 valence electrons. The lowest BCUT2D eigenvalue weighted by atomic mass is 10.3. The van der Waals surface area contributed by atoms with Crippen LogP contribution in [-0.4, -0.2) is 39.0 Å². The van der Waals surface area contributed by atoms with Gasteiger partial charge in [-0.2, -0.15) is 0 Å². The van der Waals surface area contributed by atoms with Gasteiger partial charge in [-0.1, -0.05) is 0 Å². The molecule has 0 bridgehead atoms. The van der Waals surface area contributed by atoms with Gasteiger partial charge in [0.1, 0.15) is 9.84 Å². The van der Waals surface area contributed by atoms with Crippen molar-refractivity contribution in [3.05, 3.63) is 0 Å². The minimum atomic E-state index is -2.89. The lowest BCUT2D eigenvalue weighted by Crippen LogP contribution is -2.39. The molecule has 1 atom stereocenters. The molecule has 0 aliphatic carbocycles. The summed E-state index contributed by atoms with van der Waals surface area (Å²) in [7, 11) is -2.89. The molecule has 0 aromatic rings. The van der Waals surface area contributed by atoms with Crippen molar-refractivity contribution in [3.63, 3.8) is 0 Å². The van der Waals surface area contributed by atoms with E-state index < -0.39 is 9.84 Å². The number of halogens is 1. The van der Waals surface area contributed by atoms with Crippen LogP contribution in [-0.2, 0) is 9.84 Å². The average Bonchev–Trinajstić information content (AvgIpc) is 2.00. The standard InChI is InChI=1S/C8H19N3O2S.HI/c1-4-10-8(9)11-7(2)5-6-14(3,12)13;/h7H,4-6H2,1-3H3,(H3,9,10,11);1H. The Morgan fingerprint density at radius 3 is 2.47 bits per heavy atom. The zero-order chi connectivity index (χ0) is 11.2. The van der Waals surface area contributed by atoms with Crippen molar-refractivity contribution in [3.8, 4) is 0 Å². The number of rotatable bonds is 5. The predicted molar refractivity (Wildman–Crippen MR) is 74.5 cm³/mol. The van der Waals surface area contributed by atoms with Crippen molar-refractivity contribution in [1.29, 1.82) is 0 Å². The highest BCUT2D eigenvalue weighted by Crippen LogP contribution is 1.94. The van der Waals surface area contributed by atoms with E-state index in [0.717, 1.165) is 0 Å². The van der Waals surface area contributed by atoms with Crippen LogP contribution in [0.25, 0.3) is 0 Å². The Morgan fingerprint density at radius 2 is 2.07 bits per heavy atom. The van der Waals surface area contributed by atoms with Crippen LogP contribution in [0.5, 0.6) is 0 Å². The molecule has 0 fully saturated rings. The van der Waals surface area contributed by atoms with Gasteiger partial charge in [0.15, 0.2) is 5.96 Å². The Morgan fingerprint density at radius 1 is 1.53 bits per heavy atom. The van der Waals surface area contributed by atoms with E-state index in [0.29, 0.717) is 18.9 Å². The summed E-state index contributed by atoms with van der Waals surface area (Å²) in [6.45, 7) is 4.39. The van der Waals surface area contributed by atoms with Gasteiger partial charge in [-0.25, -0.2) is 8.42 Å². The van der Waals surface area contributed by atoms with Crippen LogP contribution in [0.4, 0.5) is 0 Å². The largest absolute Gasteiger partial charge is 0.370 e. The number of nitrogens with zero attached hydrogens (tertiary/aromatic N) is 1. The normalized spacial score (nSPS) is 14.2. The van der Waals surface area contributed by atoms with Crippen LogP contribution in [0.3, 0.4) is 0 Å². The van der Waals surface area contributed by atoms with E-state index in [1.807, 2.05) is 13.8 Å². The fraction of sp³-hybridized carbons (Fsp3) is 0.875. The van der Waals surface area contributed by atoms with Gasteiger partial charge in [-0.15, -0.1) is 24.0 Å². The number of hydrogen-bond donors (Lipinski definition) is 2. The summed E-state index contributed by atoms with van der Waals surface area (Å²) >= 11 is 0. The van der Waals surface area contributed by atoms with E-state index in [1.54, 1.807) is 0 Å². The Bertz CT molecular complexity index is 290. The smallest absolute Gasteiger partial charge is 0.188 e. The van der Waals surface area contributed by atoms with Crippen LogP contribution in [0.2, 0.25) is 0 Å². The van der Waals surface area contributed by atoms with Crippen LogP contribution in [0.15, 0.2) is 4.99 Å². The van der Waals surface area contributed by atoms with E-state index in [-0.39, 0.29) is 35.8 Å². The number of aliphatic imine (C=N–C) groups is 1. The SMILES string of the molecule is CCN=C(N)NC(C)CCS(C)(=O)=O.I. The first-order chi connectivity index (χ1) is 6.35. The zero-order valence-corrected chi connectivity index (χ0v) is 12.5. The second-order valence-corrected chi connectivity index (χ2v) is 5.58. The summed E-state index contributed by atoms with van der Waals surface area (Å²) in [5, 5.41) is 2.92. The van der Waals surface area contributed by atoms with Crippen molar-refractivity contribution in [1.82, 2.24) is 5.32 Å². The molecule has 5 nitrogen and oxygen atoms in total. The Hall–Kier alpha value is -0.0500. The molecular weight excluding hydrogens is 329 g/mol. The summed E-state index contributed by atoms with van der Waals surface area (Å²) in [5.74, 6) is 0.536. The van der Waals surface area contributed by atoms with Crippen molar-refractivity contribution >= 4 is 39.8 Å². The Balaban J connectivity index is 0. The molecule has 0 aliphatic rings. The number of guanidine groups is 1. The third-order valence-electron chi connectivity index (χ3n) is 1.64. The molecule has 1 unspecified atom stereocenters. The van der Waals surface area contributed by atoms with E-state index >= 15 is 0 Å². The molecule has 0 aliphatic heterocycles. The predicted octanol–water partition coefficient (Wildman–Crippen LogP) is 0.352. The molecule has 7 heteroatoms. The highest BCUT2D eigenvalue weighted by Gasteiger charge is 2.07. The fourth-order valence-corrected chi connectivity index (χ4v) is 1.71. The van der Waals surface area contributed by atoms with E-state index in [4.69, 9.17) is 5.73 Å². The maximum Gasteiger partial charge on any atom is 0.188 e. The molecule has 0 aromatic heterocycles. The fourth-order valence-electron chi connectivity index (χ4n) is 0.931. The van der Waals surface area contributed by atoms with Crippen LogP contribution in [0, 0.1) is 0 Å². The van der Waals surface area contributed by atoms with Gasteiger partial charge in [0.25, 0.3) is 0 Å². The van der Waals surface area contributed by atoms with Crippen LogP contribution in [0.1, 0.15) is 20.3 Å². The Kier molecular flexibility index (Phi) is 9.42. The van der Waals surface area contributed by atoms with Gasteiger partial charge in [0.05, 0.1) is 5.75 Å². The first-order valence-electron chi connectivity index (χ1n) is 4.59. The van der Waals surface area contributed by atoms with Crippen molar-refractivity contribution in [2.45, 2.75) is 26.3 Å². The molecule has 0 aromatic carbocycles. The molecule has 3 N–H and O–H groups in total. The third kappa shape index (κ3) is 11.9. The highest BCUT2D eigenvalue weighted by atomic mass is 127. The third-order valence-corrected chi connectivity index (χ3v) is 2.62. The van der Waals surface area contributed by atoms with Crippen LogP contribution >= 0.6 is 24.0 Å². The minimum absolute atomic E-state index is 0. The minimum Gasteiger partial charge on any atom is -0.370 e. The molecule has 0 spiro atoms. The quantitative estimate of drug-likeness (QED) is 0.426. The molecule has 0 radical (unpaired) electrons. The van der Waals surface area contributed by atoms with E-state index in [1.165, 1.54) is 6.26 Å². The lowest BCUT2D eigenvalue weighted by molar-refractivity contribution is 0.584. The molecule has 0 amide bonds. The first kappa shape index (κ1) is 17.3. The summed E-state index contributed by atoms with van der Waals surface area (Å²) in [6.07, 6.45) is 1.77. The second kappa shape index (κ2) is 8.14. The van der Waals surface area contributed by atoms with Gasteiger partial charge in [-0.05, 0) is 20.3 Å². The average molecular weight is 349 g/mol. The summed E-state index contributed by atoms with van der Waals surface area (Å²) < 4.78 is 21.7. The number of nitrogens with two attached hydrogens (primary N) is 1. The topological polar surface area (TPSA) is 84.5 Å². The number of hydrogen-bond acceptors (Lipinski definition) is 3. The second-order valence-electron chi connectivity index (χ2n) is 3.32. The van der Waals surface area contributed by atoms with Gasteiger partial charge in [-0.3, -0.25) is 4.99 Å². The van der Waals surface area contributed by atoms with Gasteiger partial charge < -0.3 is 11.1 Å². The molecular formula is C8H20IN3O2S. The molecule has 0 saturated carbocycles. The van der Waals surface area contributed by atoms with Crippen molar-refractivity contribution in [2.75, 3.05) is 18.6 Å². The number of nitrogens with one attached hydrogen (secondary N) is 1. The lowest BCUT2D eigenvalue weighted by Gasteiger charge is -2.13. The van der Waals surface area contributed by atoms with Gasteiger partial charge in [0.2, 0.25) is 0 Å². The van der Waals surface area contributed by atoms with E-state index in [2.05, 4.69) is 10.3 Å². The molecule has 0 heterocycles. The first-order valence-corrected chi connectivity index (χ1v) is 6.65. The Labute approximate surface area is 109 Å². The maximum atomic E-state index is 10.9. The van der Waals surface area contributed by atoms with E-state index in [9.17, 15) is 8.42 Å². The summed E-state index contributed by atoms with van der Waals surface area (Å²) in [6, 6.07) is 0.0278. The van der Waals surface area contributed by atoms with Crippen LogP contribution < -0.4 is 11.1 Å². The van der Waals surface area contributed by atoms with Gasteiger partial charge >= 0.3 is 0 Å². The molecule has 15 heavy (non-hydrogen) atoms. The van der Waals surface area contributed by atoms with Gasteiger partial charge in [0, 0.05) is 18.8 Å². The molecule has 0 rings (SSSR count). The highest BCUT2D eigenvalue weighted by molar-refractivity contribution is 14.0. The molecule has 0 saturated heterocycles.